The Hall–Kier alpha value is -3.48. The lowest BCUT2D eigenvalue weighted by Gasteiger charge is -2.30. The van der Waals surface area contributed by atoms with Crippen LogP contribution in [0, 0.1) is 5.41 Å². The smallest absolute Gasteiger partial charge is 0.254 e. The second-order valence-electron chi connectivity index (χ2n) is 10.1. The molecule has 1 amide bonds. The van der Waals surface area contributed by atoms with Gasteiger partial charge in [-0.25, -0.2) is 0 Å². The van der Waals surface area contributed by atoms with Crippen molar-refractivity contribution in [2.45, 2.75) is 52.1 Å². The molecule has 0 bridgehead atoms. The monoisotopic (exact) mass is 458 g/mol. The van der Waals surface area contributed by atoms with Crippen LogP contribution in [0.1, 0.15) is 76.8 Å². The van der Waals surface area contributed by atoms with Gasteiger partial charge in [0.15, 0.2) is 5.78 Å². The van der Waals surface area contributed by atoms with Gasteiger partial charge in [-0.2, -0.15) is 5.10 Å². The third kappa shape index (κ3) is 4.11. The van der Waals surface area contributed by atoms with E-state index in [2.05, 4.69) is 18.8 Å². The van der Waals surface area contributed by atoms with Crippen molar-refractivity contribution in [1.82, 2.24) is 19.7 Å². The van der Waals surface area contributed by atoms with E-state index in [0.29, 0.717) is 30.8 Å². The fourth-order valence-electron chi connectivity index (χ4n) is 5.26. The highest BCUT2D eigenvalue weighted by atomic mass is 16.5. The zero-order valence-corrected chi connectivity index (χ0v) is 20.0. The zero-order valence-electron chi connectivity index (χ0n) is 20.0. The van der Waals surface area contributed by atoms with Gasteiger partial charge in [0.05, 0.1) is 36.6 Å². The summed E-state index contributed by atoms with van der Waals surface area (Å²) in [6.45, 7) is 5.46. The first-order chi connectivity index (χ1) is 16.4. The molecule has 1 aromatic carbocycles. The van der Waals surface area contributed by atoms with E-state index in [1.165, 1.54) is 0 Å². The number of Topliss-reactive ketones (excluding diaryl/α,β-unsaturated/α-hetero) is 1. The van der Waals surface area contributed by atoms with Gasteiger partial charge < -0.3 is 9.64 Å². The number of fused-ring (bicyclic) bond motifs is 1. The summed E-state index contributed by atoms with van der Waals surface area (Å²) in [5, 5.41) is 4.99. The molecule has 0 N–H and O–H groups in total. The summed E-state index contributed by atoms with van der Waals surface area (Å²) in [6, 6.07) is 10.9. The quantitative estimate of drug-likeness (QED) is 0.564. The average molecular weight is 459 g/mol. The zero-order chi connectivity index (χ0) is 23.9. The molecule has 176 valence electrons. The number of likely N-dealkylation sites (tertiary alicyclic amines) is 1. The molecule has 0 saturated carbocycles. The van der Waals surface area contributed by atoms with Crippen molar-refractivity contribution in [3.05, 3.63) is 76.9 Å². The molecule has 7 heteroatoms. The van der Waals surface area contributed by atoms with Crippen LogP contribution in [0.4, 0.5) is 0 Å². The number of pyridine rings is 1. The summed E-state index contributed by atoms with van der Waals surface area (Å²) in [5.74, 6) is 0.803. The number of aromatic nitrogens is 3. The van der Waals surface area contributed by atoms with Crippen molar-refractivity contribution >= 4 is 11.7 Å². The van der Waals surface area contributed by atoms with Crippen LogP contribution in [0.3, 0.4) is 0 Å². The Kier molecular flexibility index (Phi) is 5.71. The standard InChI is InChI=1S/C27H30N4O3/c1-27(2)14-22-24(23(32)15-27)25(29-31(22)17-18-6-4-12-28-16-18)21-7-5-13-30(21)26(33)19-8-10-20(34-3)11-9-19/h4,6,8-12,16,21H,5,7,13-15,17H2,1-3H3/t21-/m0/s1. The Morgan fingerprint density at radius 2 is 1.97 bits per heavy atom. The second-order valence-corrected chi connectivity index (χ2v) is 10.1. The minimum atomic E-state index is -0.205. The molecule has 1 aliphatic carbocycles. The molecule has 1 saturated heterocycles. The molecule has 5 rings (SSSR count). The third-order valence-electron chi connectivity index (χ3n) is 6.87. The van der Waals surface area contributed by atoms with Gasteiger partial charge in [0, 0.05) is 30.9 Å². The van der Waals surface area contributed by atoms with E-state index in [1.54, 1.807) is 37.6 Å². The number of hydrogen-bond acceptors (Lipinski definition) is 5. The predicted octanol–water partition coefficient (Wildman–Crippen LogP) is 4.47. The number of ether oxygens (including phenoxy) is 1. The van der Waals surface area contributed by atoms with E-state index in [-0.39, 0.29) is 23.1 Å². The Morgan fingerprint density at radius 1 is 1.18 bits per heavy atom. The summed E-state index contributed by atoms with van der Waals surface area (Å²) in [5.41, 5.74) is 3.98. The summed E-state index contributed by atoms with van der Waals surface area (Å²) in [7, 11) is 1.61. The molecule has 0 spiro atoms. The molecule has 0 unspecified atom stereocenters. The maximum absolute atomic E-state index is 13.4. The van der Waals surface area contributed by atoms with Crippen molar-refractivity contribution < 1.29 is 14.3 Å². The van der Waals surface area contributed by atoms with Crippen LogP contribution in [0.5, 0.6) is 5.75 Å². The van der Waals surface area contributed by atoms with E-state index >= 15 is 0 Å². The van der Waals surface area contributed by atoms with E-state index < -0.39 is 0 Å². The maximum atomic E-state index is 13.4. The topological polar surface area (TPSA) is 77.3 Å². The second kappa shape index (κ2) is 8.70. The van der Waals surface area contributed by atoms with Crippen LogP contribution in [0.2, 0.25) is 0 Å². The van der Waals surface area contributed by atoms with Crippen molar-refractivity contribution in [1.29, 1.82) is 0 Å². The first kappa shape index (κ1) is 22.3. The maximum Gasteiger partial charge on any atom is 0.254 e. The Labute approximate surface area is 199 Å². The number of carbonyl (C=O) groups is 2. The first-order valence-corrected chi connectivity index (χ1v) is 11.8. The Balaban J connectivity index is 1.53. The summed E-state index contributed by atoms with van der Waals surface area (Å²) in [6.07, 6.45) is 6.54. The molecular formula is C27H30N4O3. The van der Waals surface area contributed by atoms with Crippen LogP contribution >= 0.6 is 0 Å². The van der Waals surface area contributed by atoms with E-state index in [0.717, 1.165) is 41.8 Å². The van der Waals surface area contributed by atoms with E-state index in [9.17, 15) is 9.59 Å². The molecular weight excluding hydrogens is 428 g/mol. The van der Waals surface area contributed by atoms with E-state index in [1.807, 2.05) is 27.9 Å². The first-order valence-electron chi connectivity index (χ1n) is 11.8. The lowest BCUT2D eigenvalue weighted by atomic mass is 9.75. The summed E-state index contributed by atoms with van der Waals surface area (Å²) < 4.78 is 7.19. The van der Waals surface area contributed by atoms with Gasteiger partial charge in [-0.1, -0.05) is 19.9 Å². The molecule has 0 radical (unpaired) electrons. The third-order valence-corrected chi connectivity index (χ3v) is 6.87. The van der Waals surface area contributed by atoms with Crippen LogP contribution in [0.25, 0.3) is 0 Å². The van der Waals surface area contributed by atoms with Gasteiger partial charge in [0.1, 0.15) is 5.75 Å². The van der Waals surface area contributed by atoms with Gasteiger partial charge in [-0.15, -0.1) is 0 Å². The van der Waals surface area contributed by atoms with Crippen molar-refractivity contribution in [3.8, 4) is 5.75 Å². The highest BCUT2D eigenvalue weighted by Gasteiger charge is 2.41. The van der Waals surface area contributed by atoms with Crippen molar-refractivity contribution in [3.63, 3.8) is 0 Å². The number of carbonyl (C=O) groups excluding carboxylic acids is 2. The molecule has 3 aromatic rings. The van der Waals surface area contributed by atoms with Gasteiger partial charge in [-0.3, -0.25) is 19.3 Å². The molecule has 1 fully saturated rings. The normalized spacial score (nSPS) is 19.2. The molecule has 3 heterocycles. The minimum Gasteiger partial charge on any atom is -0.497 e. The van der Waals surface area contributed by atoms with Crippen molar-refractivity contribution in [2.24, 2.45) is 5.41 Å². The van der Waals surface area contributed by atoms with Crippen LogP contribution in [-0.4, -0.2) is 45.0 Å². The van der Waals surface area contributed by atoms with Gasteiger partial charge in [0.2, 0.25) is 0 Å². The number of methoxy groups -OCH3 is 1. The number of hydrogen-bond donors (Lipinski definition) is 0. The lowest BCUT2D eigenvalue weighted by molar-refractivity contribution is 0.0728. The highest BCUT2D eigenvalue weighted by molar-refractivity contribution is 6.00. The average Bonchev–Trinajstić information content (AvgIpc) is 3.44. The lowest BCUT2D eigenvalue weighted by Crippen LogP contribution is -2.32. The number of ketones is 1. The largest absolute Gasteiger partial charge is 0.497 e. The van der Waals surface area contributed by atoms with Gasteiger partial charge >= 0.3 is 0 Å². The van der Waals surface area contributed by atoms with Crippen LogP contribution < -0.4 is 4.74 Å². The minimum absolute atomic E-state index is 0.0377. The SMILES string of the molecule is COc1ccc(C(=O)N2CCC[C@H]2c2nn(Cc3cccnc3)c3c2C(=O)CC(C)(C)C3)cc1. The number of rotatable bonds is 5. The number of benzene rings is 1. The molecule has 34 heavy (non-hydrogen) atoms. The fraction of sp³-hybridized carbons (Fsp3) is 0.407. The molecule has 2 aliphatic rings. The summed E-state index contributed by atoms with van der Waals surface area (Å²) >= 11 is 0. The fourth-order valence-corrected chi connectivity index (χ4v) is 5.26. The van der Waals surface area contributed by atoms with E-state index in [4.69, 9.17) is 9.84 Å². The van der Waals surface area contributed by atoms with Gasteiger partial charge in [0.25, 0.3) is 5.91 Å². The van der Waals surface area contributed by atoms with Crippen molar-refractivity contribution in [2.75, 3.05) is 13.7 Å². The highest BCUT2D eigenvalue weighted by Crippen LogP contribution is 2.41. The molecule has 7 nitrogen and oxygen atoms in total. The summed E-state index contributed by atoms with van der Waals surface area (Å²) in [4.78, 5) is 32.9. The molecule has 2 aromatic heterocycles. The molecule has 1 aliphatic heterocycles. The molecule has 1 atom stereocenters. The number of amides is 1. The van der Waals surface area contributed by atoms with Gasteiger partial charge in [-0.05, 0) is 60.6 Å². The van der Waals surface area contributed by atoms with Crippen LogP contribution in [-0.2, 0) is 13.0 Å². The Morgan fingerprint density at radius 3 is 2.68 bits per heavy atom. The predicted molar refractivity (Wildman–Crippen MR) is 128 cm³/mol. The number of nitrogens with zero attached hydrogens (tertiary/aromatic N) is 4. The van der Waals surface area contributed by atoms with Crippen LogP contribution in [0.15, 0.2) is 48.8 Å². The Bertz CT molecular complexity index is 1210.